The second kappa shape index (κ2) is 5.04. The average Bonchev–Trinajstić information content (AvgIpc) is 2.93. The molecule has 0 spiro atoms. The van der Waals surface area contributed by atoms with E-state index in [1.54, 1.807) is 27.7 Å². The minimum atomic E-state index is -0.733. The van der Waals surface area contributed by atoms with Crippen molar-refractivity contribution in [2.45, 2.75) is 45.8 Å². The van der Waals surface area contributed by atoms with Crippen molar-refractivity contribution in [1.82, 2.24) is 0 Å². The highest BCUT2D eigenvalue weighted by molar-refractivity contribution is 5.81. The van der Waals surface area contributed by atoms with Gasteiger partial charge in [0.05, 0.1) is 12.5 Å². The molecule has 2 N–H and O–H groups in total. The number of carbonyl (C=O) groups excluding carboxylic acids is 2. The molecule has 98 valence electrons. The van der Waals surface area contributed by atoms with E-state index in [0.717, 1.165) is 0 Å². The maximum atomic E-state index is 11.7. The van der Waals surface area contributed by atoms with Gasteiger partial charge in [0, 0.05) is 0 Å². The van der Waals surface area contributed by atoms with Gasteiger partial charge in [-0.1, -0.05) is 0 Å². The van der Waals surface area contributed by atoms with Gasteiger partial charge in [0.15, 0.2) is 0 Å². The summed E-state index contributed by atoms with van der Waals surface area (Å²) in [4.78, 5) is 23.1. The van der Waals surface area contributed by atoms with Crippen LogP contribution in [0.5, 0.6) is 0 Å². The van der Waals surface area contributed by atoms with E-state index >= 15 is 0 Å². The van der Waals surface area contributed by atoms with Crippen molar-refractivity contribution in [1.29, 1.82) is 0 Å². The molecule has 0 aromatic carbocycles. The van der Waals surface area contributed by atoms with Crippen LogP contribution in [0.2, 0.25) is 0 Å². The maximum absolute atomic E-state index is 11.7. The Morgan fingerprint density at radius 1 is 1.41 bits per heavy atom. The van der Waals surface area contributed by atoms with Crippen molar-refractivity contribution in [2.75, 3.05) is 6.61 Å². The summed E-state index contributed by atoms with van der Waals surface area (Å²) >= 11 is 0. The van der Waals surface area contributed by atoms with Crippen molar-refractivity contribution >= 4 is 11.9 Å². The summed E-state index contributed by atoms with van der Waals surface area (Å²) in [6.45, 7) is 7.46. The van der Waals surface area contributed by atoms with Crippen LogP contribution in [0, 0.1) is 11.8 Å². The fourth-order valence-electron chi connectivity index (χ4n) is 1.68. The Morgan fingerprint density at radius 2 is 2.00 bits per heavy atom. The van der Waals surface area contributed by atoms with E-state index in [4.69, 9.17) is 15.2 Å². The molecule has 5 heteroatoms. The first-order valence-corrected chi connectivity index (χ1v) is 5.91. The smallest absolute Gasteiger partial charge is 0.323 e. The summed E-state index contributed by atoms with van der Waals surface area (Å²) in [5, 5.41) is 0. The molecule has 1 aliphatic rings. The summed E-state index contributed by atoms with van der Waals surface area (Å²) in [5.41, 5.74) is 5.22. The van der Waals surface area contributed by atoms with Crippen LogP contribution in [-0.4, -0.2) is 30.2 Å². The van der Waals surface area contributed by atoms with E-state index in [2.05, 4.69) is 0 Å². The molecule has 1 aliphatic carbocycles. The van der Waals surface area contributed by atoms with Gasteiger partial charge in [0.25, 0.3) is 0 Å². The van der Waals surface area contributed by atoms with E-state index in [9.17, 15) is 9.59 Å². The fourth-order valence-corrected chi connectivity index (χ4v) is 1.68. The third-order valence-electron chi connectivity index (χ3n) is 2.57. The summed E-state index contributed by atoms with van der Waals surface area (Å²) < 4.78 is 10.1. The Kier molecular flexibility index (Phi) is 4.14. The summed E-state index contributed by atoms with van der Waals surface area (Å²) in [7, 11) is 0. The summed E-state index contributed by atoms with van der Waals surface area (Å²) in [5.74, 6) is -1.09. The van der Waals surface area contributed by atoms with Crippen LogP contribution in [0.1, 0.15) is 34.1 Å². The third-order valence-corrected chi connectivity index (χ3v) is 2.57. The van der Waals surface area contributed by atoms with Crippen molar-refractivity contribution in [3.63, 3.8) is 0 Å². The zero-order valence-electron chi connectivity index (χ0n) is 10.9. The molecular weight excluding hydrogens is 222 g/mol. The van der Waals surface area contributed by atoms with Crippen LogP contribution in [0.15, 0.2) is 0 Å². The molecule has 0 bridgehead atoms. The fraction of sp³-hybridized carbons (Fsp3) is 0.833. The SMILES string of the molecule is CCOC(=O)C1CC1C(N)C(=O)OC(C)(C)C. The van der Waals surface area contributed by atoms with Gasteiger partial charge >= 0.3 is 11.9 Å². The van der Waals surface area contributed by atoms with Gasteiger partial charge in [0.2, 0.25) is 0 Å². The van der Waals surface area contributed by atoms with Gasteiger partial charge in [-0.25, -0.2) is 0 Å². The normalized spacial score (nSPS) is 25.0. The molecule has 1 rings (SSSR count). The molecule has 0 radical (unpaired) electrons. The van der Waals surface area contributed by atoms with Gasteiger partial charge < -0.3 is 15.2 Å². The van der Waals surface area contributed by atoms with E-state index in [-0.39, 0.29) is 17.8 Å². The van der Waals surface area contributed by atoms with E-state index in [1.807, 2.05) is 0 Å². The Bertz CT molecular complexity index is 308. The van der Waals surface area contributed by atoms with Crippen LogP contribution >= 0.6 is 0 Å². The molecule has 1 fully saturated rings. The molecule has 1 saturated carbocycles. The molecule has 17 heavy (non-hydrogen) atoms. The minimum absolute atomic E-state index is 0.135. The first kappa shape index (κ1) is 14.0. The highest BCUT2D eigenvalue weighted by Crippen LogP contribution is 2.42. The number of nitrogens with two attached hydrogens (primary N) is 1. The molecule has 0 heterocycles. The van der Waals surface area contributed by atoms with E-state index in [0.29, 0.717) is 13.0 Å². The lowest BCUT2D eigenvalue weighted by Crippen LogP contribution is -2.39. The van der Waals surface area contributed by atoms with Gasteiger partial charge in [-0.2, -0.15) is 0 Å². The Labute approximate surface area is 102 Å². The lowest BCUT2D eigenvalue weighted by molar-refractivity contribution is -0.157. The Morgan fingerprint density at radius 3 is 2.47 bits per heavy atom. The van der Waals surface area contributed by atoms with Crippen LogP contribution in [0.25, 0.3) is 0 Å². The molecule has 0 saturated heterocycles. The van der Waals surface area contributed by atoms with Gasteiger partial charge in [-0.05, 0) is 40.0 Å². The van der Waals surface area contributed by atoms with Gasteiger partial charge in [-0.3, -0.25) is 9.59 Å². The second-order valence-corrected chi connectivity index (χ2v) is 5.32. The van der Waals surface area contributed by atoms with Gasteiger partial charge in [0.1, 0.15) is 11.6 Å². The molecule has 3 unspecified atom stereocenters. The monoisotopic (exact) mass is 243 g/mol. The average molecular weight is 243 g/mol. The Hall–Kier alpha value is -1.10. The molecular formula is C12H21NO4. The number of esters is 2. The van der Waals surface area contributed by atoms with Crippen molar-refractivity contribution in [3.8, 4) is 0 Å². The number of ether oxygens (including phenoxy) is 2. The lowest BCUT2D eigenvalue weighted by Gasteiger charge is -2.22. The zero-order chi connectivity index (χ0) is 13.2. The van der Waals surface area contributed by atoms with Crippen molar-refractivity contribution < 1.29 is 19.1 Å². The molecule has 0 aromatic rings. The molecule has 0 aromatic heterocycles. The number of hydrogen-bond donors (Lipinski definition) is 1. The van der Waals surface area contributed by atoms with Crippen molar-refractivity contribution in [3.05, 3.63) is 0 Å². The van der Waals surface area contributed by atoms with Gasteiger partial charge in [-0.15, -0.1) is 0 Å². The largest absolute Gasteiger partial charge is 0.466 e. The standard InChI is InChI=1S/C12H21NO4/c1-5-16-10(14)8-6-7(8)9(13)11(15)17-12(2,3)4/h7-9H,5-6,13H2,1-4H3. The number of hydrogen-bond acceptors (Lipinski definition) is 5. The third kappa shape index (κ3) is 4.00. The zero-order valence-corrected chi connectivity index (χ0v) is 10.9. The quantitative estimate of drug-likeness (QED) is 0.741. The predicted octanol–water partition coefficient (Wildman–Crippen LogP) is 0.855. The maximum Gasteiger partial charge on any atom is 0.323 e. The lowest BCUT2D eigenvalue weighted by atomic mass is 10.1. The highest BCUT2D eigenvalue weighted by Gasteiger charge is 2.50. The highest BCUT2D eigenvalue weighted by atomic mass is 16.6. The topological polar surface area (TPSA) is 78.6 Å². The summed E-state index contributed by atoms with van der Waals surface area (Å²) in [6, 6.07) is -0.733. The van der Waals surface area contributed by atoms with Crippen LogP contribution in [-0.2, 0) is 19.1 Å². The van der Waals surface area contributed by atoms with Crippen LogP contribution < -0.4 is 5.73 Å². The van der Waals surface area contributed by atoms with E-state index in [1.165, 1.54) is 0 Å². The van der Waals surface area contributed by atoms with Crippen LogP contribution in [0.4, 0.5) is 0 Å². The molecule has 3 atom stereocenters. The molecule has 5 nitrogen and oxygen atoms in total. The summed E-state index contributed by atoms with van der Waals surface area (Å²) in [6.07, 6.45) is 0.610. The van der Waals surface area contributed by atoms with Crippen LogP contribution in [0.3, 0.4) is 0 Å². The molecule has 0 amide bonds. The van der Waals surface area contributed by atoms with Crippen molar-refractivity contribution in [2.24, 2.45) is 17.6 Å². The molecule has 0 aliphatic heterocycles. The minimum Gasteiger partial charge on any atom is -0.466 e. The van der Waals surface area contributed by atoms with E-state index < -0.39 is 17.6 Å². The number of rotatable bonds is 4. The first-order valence-electron chi connectivity index (χ1n) is 5.91. The first-order chi connectivity index (χ1) is 7.76. The Balaban J connectivity index is 2.43. The predicted molar refractivity (Wildman–Crippen MR) is 62.1 cm³/mol. The second-order valence-electron chi connectivity index (χ2n) is 5.32. The number of carbonyl (C=O) groups is 2.